The van der Waals surface area contributed by atoms with E-state index in [-0.39, 0.29) is 16.9 Å². The number of rotatable bonds is 3. The van der Waals surface area contributed by atoms with Gasteiger partial charge in [0.05, 0.1) is 0 Å². The van der Waals surface area contributed by atoms with E-state index in [9.17, 15) is 9.18 Å². The Morgan fingerprint density at radius 3 is 2.67 bits per heavy atom. The summed E-state index contributed by atoms with van der Waals surface area (Å²) < 4.78 is 13.2. The fraction of sp³-hybridized carbons (Fsp3) is 0.500. The number of halogens is 1. The van der Waals surface area contributed by atoms with Crippen molar-refractivity contribution in [3.05, 3.63) is 29.8 Å². The Balaban J connectivity index is 2.66. The Morgan fingerprint density at radius 1 is 1.47 bits per heavy atom. The van der Waals surface area contributed by atoms with Crippen LogP contribution in [-0.4, -0.2) is 10.8 Å². The molecule has 15 heavy (non-hydrogen) atoms. The van der Waals surface area contributed by atoms with Gasteiger partial charge in [-0.1, -0.05) is 20.8 Å². The number of carbonyl (C=O) groups is 1. The lowest BCUT2D eigenvalue weighted by Gasteiger charge is -2.16. The average Bonchev–Trinajstić information content (AvgIpc) is 2.14. The second kappa shape index (κ2) is 4.51. The Kier molecular flexibility index (Phi) is 3.56. The van der Waals surface area contributed by atoms with Crippen molar-refractivity contribution < 1.29 is 9.18 Å². The third-order valence-electron chi connectivity index (χ3n) is 2.12. The van der Waals surface area contributed by atoms with E-state index in [1.807, 2.05) is 0 Å². The molecule has 82 valence electrons. The molecule has 0 aromatic carbocycles. The maximum atomic E-state index is 13.2. The highest BCUT2D eigenvalue weighted by Crippen LogP contribution is 2.22. The molecule has 0 spiro atoms. The van der Waals surface area contributed by atoms with Crippen LogP contribution in [0.2, 0.25) is 0 Å². The molecular formula is C12H16FNO. The molecule has 1 aromatic rings. The number of hydrogen-bond acceptors (Lipinski definition) is 2. The van der Waals surface area contributed by atoms with Gasteiger partial charge in [0.2, 0.25) is 0 Å². The second-order valence-electron chi connectivity index (χ2n) is 4.82. The van der Waals surface area contributed by atoms with Crippen molar-refractivity contribution in [2.45, 2.75) is 33.6 Å². The third kappa shape index (κ3) is 3.78. The Morgan fingerprint density at radius 2 is 2.13 bits per heavy atom. The van der Waals surface area contributed by atoms with Crippen LogP contribution in [0.4, 0.5) is 4.39 Å². The van der Waals surface area contributed by atoms with Crippen molar-refractivity contribution in [2.75, 3.05) is 0 Å². The van der Waals surface area contributed by atoms with Crippen LogP contribution in [0.25, 0.3) is 0 Å². The molecule has 3 heteroatoms. The van der Waals surface area contributed by atoms with E-state index < -0.39 is 5.82 Å². The molecule has 0 bridgehead atoms. The largest absolute Gasteiger partial charge is 0.292 e. The summed E-state index contributed by atoms with van der Waals surface area (Å²) in [6.45, 7) is 6.15. The van der Waals surface area contributed by atoms with E-state index >= 15 is 0 Å². The quantitative estimate of drug-likeness (QED) is 0.715. The van der Waals surface area contributed by atoms with Crippen molar-refractivity contribution in [2.24, 2.45) is 5.41 Å². The fourth-order valence-corrected chi connectivity index (χ4v) is 1.20. The fourth-order valence-electron chi connectivity index (χ4n) is 1.20. The molecule has 0 saturated carbocycles. The van der Waals surface area contributed by atoms with Gasteiger partial charge in [0.1, 0.15) is 5.69 Å². The summed E-state index contributed by atoms with van der Waals surface area (Å²) in [5.41, 5.74) is 0.0442. The maximum Gasteiger partial charge on any atom is 0.184 e. The standard InChI is InChI=1S/C12H16FNO/c1-12(2,3)7-6-10(15)11-9(13)5-4-8-14-11/h4-5,8H,6-7H2,1-3H3. The second-order valence-corrected chi connectivity index (χ2v) is 4.82. The van der Waals surface area contributed by atoms with Crippen LogP contribution >= 0.6 is 0 Å². The zero-order chi connectivity index (χ0) is 11.5. The normalized spacial score (nSPS) is 11.5. The van der Waals surface area contributed by atoms with Crippen LogP contribution in [0.15, 0.2) is 18.3 Å². The lowest BCUT2D eigenvalue weighted by molar-refractivity contribution is 0.0956. The minimum Gasteiger partial charge on any atom is -0.292 e. The predicted molar refractivity (Wildman–Crippen MR) is 57.2 cm³/mol. The zero-order valence-corrected chi connectivity index (χ0v) is 9.38. The molecular weight excluding hydrogens is 193 g/mol. The van der Waals surface area contributed by atoms with Crippen LogP contribution in [0.3, 0.4) is 0 Å². The summed E-state index contributed by atoms with van der Waals surface area (Å²) in [5, 5.41) is 0. The molecule has 1 heterocycles. The smallest absolute Gasteiger partial charge is 0.184 e. The van der Waals surface area contributed by atoms with E-state index in [2.05, 4.69) is 25.8 Å². The van der Waals surface area contributed by atoms with Crippen molar-refractivity contribution in [1.82, 2.24) is 4.98 Å². The van der Waals surface area contributed by atoms with Gasteiger partial charge in [0, 0.05) is 12.6 Å². The molecule has 0 aliphatic heterocycles. The molecule has 0 aliphatic carbocycles. The molecule has 0 unspecified atom stereocenters. The molecule has 0 fully saturated rings. The first kappa shape index (κ1) is 11.8. The van der Waals surface area contributed by atoms with Crippen molar-refractivity contribution >= 4 is 5.78 Å². The highest BCUT2D eigenvalue weighted by atomic mass is 19.1. The summed E-state index contributed by atoms with van der Waals surface area (Å²) in [7, 11) is 0. The molecule has 0 amide bonds. The molecule has 0 atom stereocenters. The lowest BCUT2D eigenvalue weighted by Crippen LogP contribution is -2.11. The number of nitrogens with zero attached hydrogens (tertiary/aromatic N) is 1. The number of pyridine rings is 1. The zero-order valence-electron chi connectivity index (χ0n) is 9.38. The van der Waals surface area contributed by atoms with Gasteiger partial charge in [-0.05, 0) is 24.0 Å². The van der Waals surface area contributed by atoms with Crippen molar-refractivity contribution in [1.29, 1.82) is 0 Å². The van der Waals surface area contributed by atoms with Gasteiger partial charge >= 0.3 is 0 Å². The summed E-state index contributed by atoms with van der Waals surface area (Å²) >= 11 is 0. The molecule has 0 aliphatic rings. The Labute approximate surface area is 89.5 Å². The number of carbonyl (C=O) groups excluding carboxylic acids is 1. The summed E-state index contributed by atoms with van der Waals surface area (Å²) in [6, 6.07) is 2.74. The number of ketones is 1. The van der Waals surface area contributed by atoms with Crippen LogP contribution in [-0.2, 0) is 0 Å². The first-order valence-electron chi connectivity index (χ1n) is 5.04. The molecule has 1 rings (SSSR count). The van der Waals surface area contributed by atoms with Gasteiger partial charge in [-0.15, -0.1) is 0 Å². The van der Waals surface area contributed by atoms with Gasteiger partial charge in [-0.2, -0.15) is 0 Å². The highest BCUT2D eigenvalue weighted by molar-refractivity contribution is 5.94. The molecule has 0 saturated heterocycles. The first-order chi connectivity index (χ1) is 6.90. The molecule has 0 radical (unpaired) electrons. The highest BCUT2D eigenvalue weighted by Gasteiger charge is 2.17. The van der Waals surface area contributed by atoms with Gasteiger partial charge < -0.3 is 0 Å². The van der Waals surface area contributed by atoms with Gasteiger partial charge in [0.25, 0.3) is 0 Å². The van der Waals surface area contributed by atoms with Crippen LogP contribution < -0.4 is 0 Å². The Hall–Kier alpha value is -1.25. The van der Waals surface area contributed by atoms with E-state index in [1.54, 1.807) is 0 Å². The topological polar surface area (TPSA) is 30.0 Å². The van der Waals surface area contributed by atoms with Gasteiger partial charge in [-0.25, -0.2) is 4.39 Å². The van der Waals surface area contributed by atoms with Crippen molar-refractivity contribution in [3.63, 3.8) is 0 Å². The average molecular weight is 209 g/mol. The van der Waals surface area contributed by atoms with Crippen LogP contribution in [0.1, 0.15) is 44.1 Å². The molecule has 0 N–H and O–H groups in total. The maximum absolute atomic E-state index is 13.2. The van der Waals surface area contributed by atoms with Crippen LogP contribution in [0.5, 0.6) is 0 Å². The van der Waals surface area contributed by atoms with E-state index in [4.69, 9.17) is 0 Å². The van der Waals surface area contributed by atoms with Crippen LogP contribution in [0, 0.1) is 11.2 Å². The number of Topliss-reactive ketones (excluding diaryl/α,β-unsaturated/α-hetero) is 1. The first-order valence-corrected chi connectivity index (χ1v) is 5.04. The SMILES string of the molecule is CC(C)(C)CCC(=O)c1ncccc1F. The number of aromatic nitrogens is 1. The molecule has 1 aromatic heterocycles. The summed E-state index contributed by atoms with van der Waals surface area (Å²) in [5.74, 6) is -0.751. The van der Waals surface area contributed by atoms with E-state index in [1.165, 1.54) is 18.3 Å². The van der Waals surface area contributed by atoms with Crippen molar-refractivity contribution in [3.8, 4) is 0 Å². The van der Waals surface area contributed by atoms with E-state index in [0.29, 0.717) is 6.42 Å². The monoisotopic (exact) mass is 209 g/mol. The van der Waals surface area contributed by atoms with Gasteiger partial charge in [-0.3, -0.25) is 9.78 Å². The van der Waals surface area contributed by atoms with E-state index in [0.717, 1.165) is 6.42 Å². The Bertz CT molecular complexity index is 355. The van der Waals surface area contributed by atoms with Gasteiger partial charge in [0.15, 0.2) is 11.6 Å². The minimum atomic E-state index is -0.531. The summed E-state index contributed by atoms with van der Waals surface area (Å²) in [4.78, 5) is 15.4. The lowest BCUT2D eigenvalue weighted by atomic mass is 9.89. The third-order valence-corrected chi connectivity index (χ3v) is 2.12. The number of hydrogen-bond donors (Lipinski definition) is 0. The predicted octanol–water partition coefficient (Wildman–Crippen LogP) is 3.23. The summed E-state index contributed by atoms with van der Waals surface area (Å²) in [6.07, 6.45) is 2.52. The molecule has 2 nitrogen and oxygen atoms in total. The minimum absolute atomic E-state index is 0.0400.